The first-order valence-electron chi connectivity index (χ1n) is 7.08. The molecule has 0 saturated carbocycles. The van der Waals surface area contributed by atoms with E-state index in [4.69, 9.17) is 33.7 Å². The molecule has 0 aliphatic carbocycles. The smallest absolute Gasteiger partial charge is 0.343 e. The van der Waals surface area contributed by atoms with E-state index in [1.165, 1.54) is 12.3 Å². The lowest BCUT2D eigenvalue weighted by Gasteiger charge is -2.08. The van der Waals surface area contributed by atoms with Crippen LogP contribution in [0.3, 0.4) is 0 Å². The largest absolute Gasteiger partial charge is 0.462 e. The highest BCUT2D eigenvalue weighted by atomic mass is 35.5. The Morgan fingerprint density at radius 1 is 1.36 bits per heavy atom. The van der Waals surface area contributed by atoms with Crippen LogP contribution in [-0.2, 0) is 9.53 Å². The van der Waals surface area contributed by atoms with Crippen LogP contribution in [0.2, 0.25) is 10.0 Å². The molecule has 25 heavy (non-hydrogen) atoms. The van der Waals surface area contributed by atoms with Crippen LogP contribution in [0, 0.1) is 0 Å². The Kier molecular flexibility index (Phi) is 6.86. The van der Waals surface area contributed by atoms with Gasteiger partial charge in [0.25, 0.3) is 0 Å². The topological polar surface area (TPSA) is 107 Å². The molecule has 132 valence electrons. The van der Waals surface area contributed by atoms with Gasteiger partial charge in [0.05, 0.1) is 23.1 Å². The van der Waals surface area contributed by atoms with Crippen molar-refractivity contribution in [3.05, 3.63) is 40.0 Å². The van der Waals surface area contributed by atoms with Gasteiger partial charge in [-0.2, -0.15) is 0 Å². The van der Waals surface area contributed by atoms with Gasteiger partial charge in [-0.25, -0.2) is 14.8 Å². The van der Waals surface area contributed by atoms with Crippen molar-refractivity contribution in [2.45, 2.75) is 12.1 Å². The lowest BCUT2D eigenvalue weighted by molar-refractivity contribution is -0.113. The molecule has 1 aromatic carbocycles. The summed E-state index contributed by atoms with van der Waals surface area (Å²) < 4.78 is 4.84. The van der Waals surface area contributed by atoms with Crippen LogP contribution in [0.4, 0.5) is 11.5 Å². The maximum absolute atomic E-state index is 12.0. The SMILES string of the molecule is CCOC(=O)c1cnc(SCC(=O)Nc2ccc(Cl)cc2Cl)nc1N. The van der Waals surface area contributed by atoms with Gasteiger partial charge in [-0.05, 0) is 25.1 Å². The van der Waals surface area contributed by atoms with E-state index in [-0.39, 0.29) is 34.8 Å². The van der Waals surface area contributed by atoms with Gasteiger partial charge in [0.2, 0.25) is 5.91 Å². The summed E-state index contributed by atoms with van der Waals surface area (Å²) >= 11 is 12.9. The fraction of sp³-hybridized carbons (Fsp3) is 0.200. The maximum atomic E-state index is 12.0. The molecule has 0 bridgehead atoms. The van der Waals surface area contributed by atoms with E-state index in [0.29, 0.717) is 15.7 Å². The van der Waals surface area contributed by atoms with E-state index in [9.17, 15) is 9.59 Å². The van der Waals surface area contributed by atoms with E-state index >= 15 is 0 Å². The van der Waals surface area contributed by atoms with Crippen molar-refractivity contribution in [2.24, 2.45) is 0 Å². The monoisotopic (exact) mass is 400 g/mol. The third-order valence-corrected chi connectivity index (χ3v) is 4.24. The summed E-state index contributed by atoms with van der Waals surface area (Å²) in [5, 5.41) is 3.74. The van der Waals surface area contributed by atoms with Crippen molar-refractivity contribution >= 4 is 58.3 Å². The number of carbonyl (C=O) groups excluding carboxylic acids is 2. The Morgan fingerprint density at radius 3 is 2.76 bits per heavy atom. The number of benzene rings is 1. The molecule has 0 aliphatic rings. The first kappa shape index (κ1) is 19.3. The lowest BCUT2D eigenvalue weighted by atomic mass is 10.3. The maximum Gasteiger partial charge on any atom is 0.343 e. The molecule has 1 aromatic heterocycles. The molecule has 3 N–H and O–H groups in total. The summed E-state index contributed by atoms with van der Waals surface area (Å²) in [6.07, 6.45) is 1.27. The standard InChI is InChI=1S/C15H14Cl2N4O3S/c1-2-24-14(23)9-6-19-15(21-13(9)18)25-7-12(22)20-11-4-3-8(16)5-10(11)17/h3-6H,2,7H2,1H3,(H,20,22)(H2,18,19,21). The minimum atomic E-state index is -0.591. The van der Waals surface area contributed by atoms with Crippen LogP contribution in [0.1, 0.15) is 17.3 Å². The summed E-state index contributed by atoms with van der Waals surface area (Å²) in [6.45, 7) is 1.91. The van der Waals surface area contributed by atoms with Gasteiger partial charge in [-0.1, -0.05) is 35.0 Å². The van der Waals surface area contributed by atoms with Gasteiger partial charge in [0.1, 0.15) is 11.4 Å². The molecular formula is C15H14Cl2N4O3S. The van der Waals surface area contributed by atoms with Crippen LogP contribution in [0.5, 0.6) is 0 Å². The summed E-state index contributed by atoms with van der Waals surface area (Å²) in [6, 6.07) is 4.76. The van der Waals surface area contributed by atoms with E-state index in [1.807, 2.05) is 0 Å². The van der Waals surface area contributed by atoms with Crippen molar-refractivity contribution in [1.82, 2.24) is 9.97 Å². The van der Waals surface area contributed by atoms with Crippen molar-refractivity contribution in [2.75, 3.05) is 23.4 Å². The number of aromatic nitrogens is 2. The number of nitrogens with two attached hydrogens (primary N) is 1. The van der Waals surface area contributed by atoms with Crippen LogP contribution < -0.4 is 11.1 Å². The Morgan fingerprint density at radius 2 is 2.12 bits per heavy atom. The van der Waals surface area contributed by atoms with Crippen LogP contribution in [-0.4, -0.2) is 34.2 Å². The van der Waals surface area contributed by atoms with Gasteiger partial charge in [-0.3, -0.25) is 4.79 Å². The number of ether oxygens (including phenoxy) is 1. The summed E-state index contributed by atoms with van der Waals surface area (Å²) in [5.41, 5.74) is 6.26. The zero-order chi connectivity index (χ0) is 18.4. The summed E-state index contributed by atoms with van der Waals surface area (Å²) in [4.78, 5) is 31.6. The van der Waals surface area contributed by atoms with Gasteiger partial charge in [0.15, 0.2) is 5.16 Å². The lowest BCUT2D eigenvalue weighted by Crippen LogP contribution is -2.15. The Hall–Kier alpha value is -2.03. The highest BCUT2D eigenvalue weighted by Gasteiger charge is 2.14. The second-order valence-corrected chi connectivity index (χ2v) is 6.42. The number of rotatable bonds is 6. The average Bonchev–Trinajstić information content (AvgIpc) is 2.56. The molecule has 2 aromatic rings. The Labute approximate surface area is 158 Å². The fourth-order valence-corrected chi connectivity index (χ4v) is 2.80. The molecule has 0 atom stereocenters. The first-order chi connectivity index (χ1) is 11.9. The quantitative estimate of drug-likeness (QED) is 0.435. The molecule has 0 aliphatic heterocycles. The molecule has 0 radical (unpaired) electrons. The number of esters is 1. The second kappa shape index (κ2) is 8.89. The summed E-state index contributed by atoms with van der Waals surface area (Å²) in [7, 11) is 0. The number of carbonyl (C=O) groups is 2. The van der Waals surface area contributed by atoms with Crippen LogP contribution in [0.15, 0.2) is 29.6 Å². The third kappa shape index (κ3) is 5.48. The molecule has 0 saturated heterocycles. The average molecular weight is 401 g/mol. The van der Waals surface area contributed by atoms with Crippen LogP contribution >= 0.6 is 35.0 Å². The minimum absolute atomic E-state index is 0.00268. The number of nitrogens with zero attached hydrogens (tertiary/aromatic N) is 2. The van der Waals surface area contributed by atoms with E-state index in [0.717, 1.165) is 11.8 Å². The molecule has 0 spiro atoms. The fourth-order valence-electron chi connectivity index (χ4n) is 1.72. The Balaban J connectivity index is 1.95. The number of amides is 1. The van der Waals surface area contributed by atoms with Gasteiger partial charge < -0.3 is 15.8 Å². The molecule has 1 heterocycles. The van der Waals surface area contributed by atoms with Crippen molar-refractivity contribution in [3.8, 4) is 0 Å². The highest BCUT2D eigenvalue weighted by molar-refractivity contribution is 7.99. The van der Waals surface area contributed by atoms with E-state index in [2.05, 4.69) is 15.3 Å². The van der Waals surface area contributed by atoms with Gasteiger partial charge in [-0.15, -0.1) is 0 Å². The number of anilines is 2. The van der Waals surface area contributed by atoms with Gasteiger partial charge in [0, 0.05) is 11.2 Å². The number of hydrogen-bond donors (Lipinski definition) is 2. The zero-order valence-corrected chi connectivity index (χ0v) is 15.4. The van der Waals surface area contributed by atoms with E-state index in [1.54, 1.807) is 19.1 Å². The third-order valence-electron chi connectivity index (χ3n) is 2.83. The molecule has 10 heteroatoms. The number of nitrogens with one attached hydrogen (secondary N) is 1. The molecule has 0 unspecified atom stereocenters. The van der Waals surface area contributed by atoms with Crippen molar-refractivity contribution in [1.29, 1.82) is 0 Å². The molecule has 2 rings (SSSR count). The summed E-state index contributed by atoms with van der Waals surface area (Å²) in [5.74, 6) is -0.855. The van der Waals surface area contributed by atoms with Gasteiger partial charge >= 0.3 is 5.97 Å². The number of hydrogen-bond acceptors (Lipinski definition) is 7. The first-order valence-corrected chi connectivity index (χ1v) is 8.82. The van der Waals surface area contributed by atoms with E-state index < -0.39 is 5.97 Å². The second-order valence-electron chi connectivity index (χ2n) is 4.63. The zero-order valence-electron chi connectivity index (χ0n) is 13.1. The number of halogens is 2. The molecule has 1 amide bonds. The number of thioether (sulfide) groups is 1. The van der Waals surface area contributed by atoms with Crippen LogP contribution in [0.25, 0.3) is 0 Å². The predicted molar refractivity (Wildman–Crippen MR) is 98.2 cm³/mol. The highest BCUT2D eigenvalue weighted by Crippen LogP contribution is 2.25. The predicted octanol–water partition coefficient (Wildman–Crippen LogP) is 3.27. The molecule has 7 nitrogen and oxygen atoms in total. The minimum Gasteiger partial charge on any atom is -0.462 e. The Bertz CT molecular complexity index is 804. The normalized spacial score (nSPS) is 10.4. The molecular weight excluding hydrogens is 387 g/mol. The molecule has 0 fully saturated rings. The van der Waals surface area contributed by atoms with Crippen molar-refractivity contribution in [3.63, 3.8) is 0 Å². The number of nitrogen functional groups attached to an aromatic ring is 1. The van der Waals surface area contributed by atoms with Crippen molar-refractivity contribution < 1.29 is 14.3 Å².